The summed E-state index contributed by atoms with van der Waals surface area (Å²) in [6.07, 6.45) is 7.79. The molecule has 0 spiro atoms. The van der Waals surface area contributed by atoms with E-state index in [0.29, 0.717) is 32.3 Å². The molecule has 0 radical (unpaired) electrons. The van der Waals surface area contributed by atoms with Gasteiger partial charge in [0.15, 0.2) is 0 Å². The van der Waals surface area contributed by atoms with Gasteiger partial charge in [0.05, 0.1) is 37.1 Å². The third kappa shape index (κ3) is 10.7. The van der Waals surface area contributed by atoms with Crippen LogP contribution in [0.2, 0.25) is 0 Å². The van der Waals surface area contributed by atoms with Crippen LogP contribution in [0.15, 0.2) is 12.2 Å². The third-order valence-electron chi connectivity index (χ3n) is 7.47. The van der Waals surface area contributed by atoms with E-state index in [1.807, 2.05) is 13.8 Å². The van der Waals surface area contributed by atoms with Crippen LogP contribution >= 0.6 is 0 Å². The lowest BCUT2D eigenvalue weighted by Gasteiger charge is -2.38. The van der Waals surface area contributed by atoms with Crippen LogP contribution in [0.1, 0.15) is 85.0 Å². The Bertz CT molecular complexity index is 678. The van der Waals surface area contributed by atoms with Crippen molar-refractivity contribution in [2.45, 2.75) is 122 Å². The lowest BCUT2D eigenvalue weighted by molar-refractivity contribution is -0.170. The van der Waals surface area contributed by atoms with Crippen molar-refractivity contribution in [1.82, 2.24) is 0 Å². The highest BCUT2D eigenvalue weighted by Gasteiger charge is 2.48. The number of carbonyl (C=O) groups excluding carboxylic acids is 1. The van der Waals surface area contributed by atoms with Gasteiger partial charge in [-0.2, -0.15) is 0 Å². The van der Waals surface area contributed by atoms with Gasteiger partial charge in [0.2, 0.25) is 0 Å². The van der Waals surface area contributed by atoms with E-state index >= 15 is 0 Å². The van der Waals surface area contributed by atoms with Crippen molar-refractivity contribution < 1.29 is 39.5 Å². The zero-order chi connectivity index (χ0) is 26.0. The van der Waals surface area contributed by atoms with Crippen molar-refractivity contribution in [2.24, 2.45) is 17.8 Å². The molecule has 9 unspecified atom stereocenters. The third-order valence-corrected chi connectivity index (χ3v) is 7.47. The second-order valence-electron chi connectivity index (χ2n) is 10.7. The number of aliphatic hydroxyl groups excluding tert-OH is 3. The van der Waals surface area contributed by atoms with E-state index in [2.05, 4.69) is 0 Å². The number of aliphatic hydroxyl groups is 3. The molecule has 2 rings (SSSR count). The summed E-state index contributed by atoms with van der Waals surface area (Å²) in [6.45, 7) is 6.03. The minimum absolute atomic E-state index is 0.0101. The Morgan fingerprint density at radius 1 is 1.00 bits per heavy atom. The molecule has 2 aliphatic heterocycles. The molecule has 9 atom stereocenters. The second kappa shape index (κ2) is 15.1. The van der Waals surface area contributed by atoms with Gasteiger partial charge in [-0.1, -0.05) is 39.2 Å². The Morgan fingerprint density at radius 2 is 1.69 bits per heavy atom. The fourth-order valence-electron chi connectivity index (χ4n) is 5.01. The van der Waals surface area contributed by atoms with Crippen molar-refractivity contribution in [1.29, 1.82) is 0 Å². The van der Waals surface area contributed by atoms with Gasteiger partial charge < -0.3 is 29.9 Å². The maximum atomic E-state index is 12.3. The van der Waals surface area contributed by atoms with E-state index in [-0.39, 0.29) is 35.7 Å². The number of carboxylic acid groups (broad SMARTS) is 1. The van der Waals surface area contributed by atoms with Crippen LogP contribution in [0.5, 0.6) is 0 Å². The largest absolute Gasteiger partial charge is 0.478 e. The molecule has 2 heterocycles. The maximum Gasteiger partial charge on any atom is 0.327 e. The summed E-state index contributed by atoms with van der Waals surface area (Å²) in [7, 11) is 0. The van der Waals surface area contributed by atoms with E-state index in [0.717, 1.165) is 38.5 Å². The predicted octanol–water partition coefficient (Wildman–Crippen LogP) is 3.25. The second-order valence-corrected chi connectivity index (χ2v) is 10.7. The van der Waals surface area contributed by atoms with Crippen LogP contribution in [0.3, 0.4) is 0 Å². The average Bonchev–Trinajstić information content (AvgIpc) is 3.55. The number of carboxylic acids is 1. The molecule has 4 N–H and O–H groups in total. The topological polar surface area (TPSA) is 137 Å². The van der Waals surface area contributed by atoms with Crippen LogP contribution in [-0.2, 0) is 19.1 Å². The minimum Gasteiger partial charge on any atom is -0.478 e. The zero-order valence-electron chi connectivity index (χ0n) is 21.6. The quantitative estimate of drug-likeness (QED) is 0.136. The highest BCUT2D eigenvalue weighted by atomic mass is 16.6. The van der Waals surface area contributed by atoms with Crippen LogP contribution in [0.25, 0.3) is 0 Å². The Balaban J connectivity index is 1.58. The van der Waals surface area contributed by atoms with Crippen LogP contribution < -0.4 is 0 Å². The van der Waals surface area contributed by atoms with E-state index in [1.165, 1.54) is 6.08 Å². The molecule has 0 aromatic rings. The van der Waals surface area contributed by atoms with Gasteiger partial charge in [-0.15, -0.1) is 0 Å². The van der Waals surface area contributed by atoms with Gasteiger partial charge in [-0.05, 0) is 44.9 Å². The first kappa shape index (κ1) is 29.9. The molecule has 35 heavy (non-hydrogen) atoms. The molecule has 8 heteroatoms. The number of aliphatic carboxylic acids is 1. The molecular formula is C27H46O8. The number of allylic oxidation sites excluding steroid dienone is 1. The van der Waals surface area contributed by atoms with Gasteiger partial charge in [-0.25, -0.2) is 4.79 Å². The number of epoxide rings is 1. The molecule has 0 amide bonds. The van der Waals surface area contributed by atoms with Crippen LogP contribution in [0, 0.1) is 17.8 Å². The van der Waals surface area contributed by atoms with Crippen molar-refractivity contribution in [3.63, 3.8) is 0 Å². The summed E-state index contributed by atoms with van der Waals surface area (Å²) >= 11 is 0. The first-order chi connectivity index (χ1) is 16.6. The number of ketones is 1. The summed E-state index contributed by atoms with van der Waals surface area (Å²) in [5.41, 5.74) is 0. The van der Waals surface area contributed by atoms with Crippen molar-refractivity contribution in [3.8, 4) is 0 Å². The molecule has 0 aromatic heterocycles. The average molecular weight is 499 g/mol. The molecule has 0 saturated carbocycles. The van der Waals surface area contributed by atoms with Crippen LogP contribution in [0.4, 0.5) is 0 Å². The number of Topliss-reactive ketones (excluding diaryl/α,β-unsaturated/α-hetero) is 1. The smallest absolute Gasteiger partial charge is 0.327 e. The minimum atomic E-state index is -0.983. The van der Waals surface area contributed by atoms with Crippen molar-refractivity contribution in [3.05, 3.63) is 12.2 Å². The number of carbonyl (C=O) groups is 2. The van der Waals surface area contributed by atoms with E-state index in [4.69, 9.17) is 14.6 Å². The molecule has 2 fully saturated rings. The fraction of sp³-hybridized carbons (Fsp3) is 0.852. The highest BCUT2D eigenvalue weighted by Crippen LogP contribution is 2.38. The normalized spacial score (nSPS) is 31.3. The summed E-state index contributed by atoms with van der Waals surface area (Å²) in [6, 6.07) is 0. The molecule has 202 valence electrons. The van der Waals surface area contributed by atoms with Crippen molar-refractivity contribution >= 4 is 11.8 Å². The molecule has 2 saturated heterocycles. The van der Waals surface area contributed by atoms with Crippen LogP contribution in [-0.4, -0.2) is 75.4 Å². The zero-order valence-corrected chi connectivity index (χ0v) is 21.6. The Hall–Kier alpha value is -1.32. The number of hydrogen-bond donors (Lipinski definition) is 4. The Labute approximate surface area is 209 Å². The standard InChI is InChI=1S/C27H46O8/c1-17(13-21(29)11-9-7-5-4-6-8-10-12-24(30)31)14-22-26(33)25(32)20(16-34-22)15-23-27(35-23)18(2)19(3)28/h10,12,17-20,22-23,25-28,32-33H,4-9,11,13-16H2,1-3H3,(H,30,31)/b12-10+. The predicted molar refractivity (Wildman–Crippen MR) is 132 cm³/mol. The number of hydrogen-bond acceptors (Lipinski definition) is 7. The molecule has 2 aliphatic rings. The number of unbranched alkanes of at least 4 members (excludes halogenated alkanes) is 5. The molecular weight excluding hydrogens is 452 g/mol. The fourth-order valence-corrected chi connectivity index (χ4v) is 5.01. The van der Waals surface area contributed by atoms with Crippen molar-refractivity contribution in [2.75, 3.05) is 6.61 Å². The first-order valence-corrected chi connectivity index (χ1v) is 13.3. The summed E-state index contributed by atoms with van der Waals surface area (Å²) in [5, 5.41) is 39.5. The lowest BCUT2D eigenvalue weighted by atomic mass is 9.84. The summed E-state index contributed by atoms with van der Waals surface area (Å²) < 4.78 is 11.6. The summed E-state index contributed by atoms with van der Waals surface area (Å²) in [5.74, 6) is -0.804. The van der Waals surface area contributed by atoms with Gasteiger partial charge >= 0.3 is 5.97 Å². The monoisotopic (exact) mass is 498 g/mol. The molecule has 0 aliphatic carbocycles. The Kier molecular flexibility index (Phi) is 12.9. The van der Waals surface area contributed by atoms with E-state index in [1.54, 1.807) is 13.0 Å². The lowest BCUT2D eigenvalue weighted by Crippen LogP contribution is -2.51. The molecule has 0 bridgehead atoms. The maximum absolute atomic E-state index is 12.3. The first-order valence-electron chi connectivity index (χ1n) is 13.3. The number of rotatable bonds is 17. The van der Waals surface area contributed by atoms with E-state index in [9.17, 15) is 24.9 Å². The van der Waals surface area contributed by atoms with Gasteiger partial charge in [0.25, 0.3) is 0 Å². The van der Waals surface area contributed by atoms with Gasteiger partial charge in [0.1, 0.15) is 11.9 Å². The Morgan fingerprint density at radius 3 is 2.37 bits per heavy atom. The summed E-state index contributed by atoms with van der Waals surface area (Å²) in [4.78, 5) is 22.7. The molecule has 8 nitrogen and oxygen atoms in total. The van der Waals surface area contributed by atoms with E-state index < -0.39 is 30.4 Å². The van der Waals surface area contributed by atoms with Gasteiger partial charge in [0, 0.05) is 30.8 Å². The van der Waals surface area contributed by atoms with Gasteiger partial charge in [-0.3, -0.25) is 4.79 Å². The highest BCUT2D eigenvalue weighted by molar-refractivity contribution is 5.79. The molecule has 0 aromatic carbocycles. The SMILES string of the molecule is CC(CC(=O)CCCCCCC/C=C/C(=O)O)CC1OCC(CC2OC2C(C)C(C)O)C(O)C1O. The number of ether oxygens (including phenoxy) is 2.